The van der Waals surface area contributed by atoms with Crippen molar-refractivity contribution in [1.29, 1.82) is 0 Å². The number of hydrogen-bond acceptors (Lipinski definition) is 2. The molecule has 2 nitrogen and oxygen atoms in total. The van der Waals surface area contributed by atoms with Crippen LogP contribution in [0, 0.1) is 11.8 Å². The third-order valence-electron chi connectivity index (χ3n) is 3.58. The van der Waals surface area contributed by atoms with Gasteiger partial charge in [0.1, 0.15) is 0 Å². The van der Waals surface area contributed by atoms with Crippen LogP contribution in [0.15, 0.2) is 0 Å². The van der Waals surface area contributed by atoms with E-state index in [0.717, 1.165) is 19.3 Å². The molecule has 0 aromatic heterocycles. The second-order valence-electron chi connectivity index (χ2n) is 5.27. The van der Waals surface area contributed by atoms with E-state index >= 15 is 0 Å². The van der Waals surface area contributed by atoms with Crippen molar-refractivity contribution in [2.45, 2.75) is 83.8 Å². The summed E-state index contributed by atoms with van der Waals surface area (Å²) >= 11 is 0. The van der Waals surface area contributed by atoms with Gasteiger partial charge in [-0.25, -0.2) is 0 Å². The van der Waals surface area contributed by atoms with Crippen molar-refractivity contribution in [2.24, 2.45) is 0 Å². The van der Waals surface area contributed by atoms with Crippen LogP contribution >= 0.6 is 0 Å². The summed E-state index contributed by atoms with van der Waals surface area (Å²) in [5.41, 5.74) is 0. The Morgan fingerprint density at radius 2 is 1.32 bits per heavy atom. The van der Waals surface area contributed by atoms with Crippen LogP contribution in [-0.2, 0) is 9.47 Å². The molecule has 19 heavy (non-hydrogen) atoms. The molecule has 0 fully saturated rings. The molecule has 0 aliphatic heterocycles. The molecule has 0 aromatic carbocycles. The molecule has 0 unspecified atom stereocenters. The molecule has 0 aromatic rings. The molecule has 0 aliphatic rings. The molecule has 112 valence electrons. The Hall–Kier alpha value is -0.520. The Morgan fingerprint density at radius 3 is 1.89 bits per heavy atom. The second kappa shape index (κ2) is 12.5. The average molecular weight is 268 g/mol. The molecule has 0 heterocycles. The maximum absolute atomic E-state index is 5.34. The number of methoxy groups -OCH3 is 2. The van der Waals surface area contributed by atoms with Gasteiger partial charge in [0.05, 0.1) is 0 Å². The summed E-state index contributed by atoms with van der Waals surface area (Å²) in [6.45, 7) is 4.21. The number of rotatable bonds is 11. The van der Waals surface area contributed by atoms with Crippen molar-refractivity contribution in [3.8, 4) is 11.8 Å². The Kier molecular flexibility index (Phi) is 12.2. The third kappa shape index (κ3) is 11.0. The van der Waals surface area contributed by atoms with E-state index in [1.54, 1.807) is 14.2 Å². The highest BCUT2D eigenvalue weighted by Crippen LogP contribution is 2.19. The molecule has 0 N–H and O–H groups in total. The first-order valence-corrected chi connectivity index (χ1v) is 7.74. The van der Waals surface area contributed by atoms with Gasteiger partial charge in [0.25, 0.3) is 0 Å². The topological polar surface area (TPSA) is 18.5 Å². The summed E-state index contributed by atoms with van der Waals surface area (Å²) in [7, 11) is 3.42. The van der Waals surface area contributed by atoms with Crippen molar-refractivity contribution in [1.82, 2.24) is 0 Å². The minimum Gasteiger partial charge on any atom is -0.353 e. The van der Waals surface area contributed by atoms with E-state index in [4.69, 9.17) is 9.47 Å². The van der Waals surface area contributed by atoms with Gasteiger partial charge in [0, 0.05) is 33.5 Å². The molecule has 0 spiro atoms. The van der Waals surface area contributed by atoms with E-state index < -0.39 is 5.79 Å². The first-order chi connectivity index (χ1) is 9.18. The lowest BCUT2D eigenvalue weighted by molar-refractivity contribution is -0.197. The summed E-state index contributed by atoms with van der Waals surface area (Å²) in [4.78, 5) is 0. The fraction of sp³-hybridized carbons (Fsp3) is 0.882. The van der Waals surface area contributed by atoms with Gasteiger partial charge in [-0.1, -0.05) is 32.6 Å². The van der Waals surface area contributed by atoms with Crippen LogP contribution < -0.4 is 0 Å². The number of hydrogen-bond donors (Lipinski definition) is 0. The lowest BCUT2D eigenvalue weighted by atomic mass is 10.1. The molecule has 0 saturated carbocycles. The SMILES string of the molecule is CCCCC#CCCCCCCCC(C)(OC)OC. The van der Waals surface area contributed by atoms with Crippen LogP contribution in [0.3, 0.4) is 0 Å². The van der Waals surface area contributed by atoms with Gasteiger partial charge in [-0.3, -0.25) is 0 Å². The van der Waals surface area contributed by atoms with E-state index in [9.17, 15) is 0 Å². The highest BCUT2D eigenvalue weighted by atomic mass is 16.7. The lowest BCUT2D eigenvalue weighted by Gasteiger charge is -2.26. The van der Waals surface area contributed by atoms with Crippen molar-refractivity contribution >= 4 is 0 Å². The quantitative estimate of drug-likeness (QED) is 0.301. The molecule has 0 rings (SSSR count). The molecule has 0 radical (unpaired) electrons. The highest BCUT2D eigenvalue weighted by Gasteiger charge is 2.21. The third-order valence-corrected chi connectivity index (χ3v) is 3.58. The van der Waals surface area contributed by atoms with Crippen LogP contribution in [0.5, 0.6) is 0 Å². The van der Waals surface area contributed by atoms with E-state index in [-0.39, 0.29) is 0 Å². The molecular weight excluding hydrogens is 236 g/mol. The first-order valence-electron chi connectivity index (χ1n) is 7.74. The maximum atomic E-state index is 5.34. The zero-order valence-electron chi connectivity index (χ0n) is 13.4. The molecule has 0 bridgehead atoms. The largest absolute Gasteiger partial charge is 0.353 e. The van der Waals surface area contributed by atoms with Gasteiger partial charge < -0.3 is 9.47 Å². The summed E-state index contributed by atoms with van der Waals surface area (Å²) < 4.78 is 10.7. The van der Waals surface area contributed by atoms with Crippen LogP contribution in [-0.4, -0.2) is 20.0 Å². The highest BCUT2D eigenvalue weighted by molar-refractivity contribution is 4.98. The van der Waals surface area contributed by atoms with Gasteiger partial charge in [-0.2, -0.15) is 0 Å². The Balaban J connectivity index is 3.33. The molecule has 0 aliphatic carbocycles. The minimum atomic E-state index is -0.398. The predicted octanol–water partition coefficient (Wildman–Crippen LogP) is 4.92. The Morgan fingerprint density at radius 1 is 0.789 bits per heavy atom. The van der Waals surface area contributed by atoms with Gasteiger partial charge in [-0.15, -0.1) is 11.8 Å². The average Bonchev–Trinajstić information content (AvgIpc) is 2.44. The maximum Gasteiger partial charge on any atom is 0.164 e. The summed E-state index contributed by atoms with van der Waals surface area (Å²) in [6.07, 6.45) is 11.8. The minimum absolute atomic E-state index is 0.398. The van der Waals surface area contributed by atoms with Gasteiger partial charge in [0.2, 0.25) is 0 Å². The first kappa shape index (κ1) is 18.5. The van der Waals surface area contributed by atoms with E-state index in [0.29, 0.717) is 0 Å². The van der Waals surface area contributed by atoms with Gasteiger partial charge >= 0.3 is 0 Å². The number of unbranched alkanes of at least 4 members (excludes halogenated alkanes) is 7. The smallest absolute Gasteiger partial charge is 0.164 e. The van der Waals surface area contributed by atoms with Gasteiger partial charge in [-0.05, 0) is 26.2 Å². The fourth-order valence-electron chi connectivity index (χ4n) is 1.92. The lowest BCUT2D eigenvalue weighted by Crippen LogP contribution is -2.29. The van der Waals surface area contributed by atoms with Crippen molar-refractivity contribution in [2.75, 3.05) is 14.2 Å². The van der Waals surface area contributed by atoms with Crippen LogP contribution in [0.25, 0.3) is 0 Å². The normalized spacial score (nSPS) is 11.2. The monoisotopic (exact) mass is 268 g/mol. The standard InChI is InChI=1S/C17H32O2/c1-5-6-7-8-9-10-11-12-13-14-15-16-17(2,18-3)19-4/h5-7,10-16H2,1-4H3. The second-order valence-corrected chi connectivity index (χ2v) is 5.27. The summed E-state index contributed by atoms with van der Waals surface area (Å²) in [5, 5.41) is 0. The Labute approximate surface area is 120 Å². The van der Waals surface area contributed by atoms with E-state index in [1.807, 2.05) is 6.92 Å². The van der Waals surface area contributed by atoms with Crippen molar-refractivity contribution < 1.29 is 9.47 Å². The number of ether oxygens (including phenoxy) is 2. The van der Waals surface area contributed by atoms with E-state index in [1.165, 1.54) is 44.9 Å². The molecule has 0 saturated heterocycles. The molecular formula is C17H32O2. The van der Waals surface area contributed by atoms with Gasteiger partial charge in [0.15, 0.2) is 5.79 Å². The van der Waals surface area contributed by atoms with Crippen molar-refractivity contribution in [3.63, 3.8) is 0 Å². The molecule has 2 heteroatoms. The molecule has 0 atom stereocenters. The molecule has 0 amide bonds. The summed E-state index contributed by atoms with van der Waals surface area (Å²) in [5.74, 6) is 6.11. The zero-order valence-corrected chi connectivity index (χ0v) is 13.4. The fourth-order valence-corrected chi connectivity index (χ4v) is 1.92. The van der Waals surface area contributed by atoms with E-state index in [2.05, 4.69) is 18.8 Å². The van der Waals surface area contributed by atoms with Crippen LogP contribution in [0.1, 0.15) is 78.1 Å². The summed E-state index contributed by atoms with van der Waals surface area (Å²) in [6, 6.07) is 0. The van der Waals surface area contributed by atoms with Crippen molar-refractivity contribution in [3.05, 3.63) is 0 Å². The van der Waals surface area contributed by atoms with Crippen LogP contribution in [0.2, 0.25) is 0 Å². The predicted molar refractivity (Wildman–Crippen MR) is 82.0 cm³/mol. The van der Waals surface area contributed by atoms with Crippen LogP contribution in [0.4, 0.5) is 0 Å². The Bertz CT molecular complexity index is 246. The zero-order chi connectivity index (χ0) is 14.4.